The molecule has 11 heteroatoms. The van der Waals surface area contributed by atoms with Crippen molar-refractivity contribution in [1.82, 2.24) is 19.4 Å². The maximum atomic E-state index is 12.2. The van der Waals surface area contributed by atoms with Gasteiger partial charge < -0.3 is 19.5 Å². The number of fused-ring (bicyclic) bond motifs is 1. The fourth-order valence-corrected chi connectivity index (χ4v) is 5.45. The van der Waals surface area contributed by atoms with Gasteiger partial charge in [-0.15, -0.1) is 0 Å². The van der Waals surface area contributed by atoms with Crippen molar-refractivity contribution in [2.75, 3.05) is 25.8 Å². The number of anilines is 2. The Morgan fingerprint density at radius 3 is 2.36 bits per heavy atom. The lowest BCUT2D eigenvalue weighted by Gasteiger charge is -2.13. The van der Waals surface area contributed by atoms with Crippen LogP contribution in [0.15, 0.2) is 108 Å². The topological polar surface area (TPSA) is 117 Å². The van der Waals surface area contributed by atoms with Crippen molar-refractivity contribution in [2.24, 2.45) is 0 Å². The SMILES string of the molecule is COc1ccc(S(C)(=O)=O)cc1Nc1nccc(-c2c(-c3ccc(OCc4ccccc4)c(OC)c3)nc3ccccn23)n1. The number of imidazole rings is 1. The Balaban J connectivity index is 1.39. The van der Waals surface area contributed by atoms with Crippen LogP contribution in [0.2, 0.25) is 0 Å². The fraction of sp³-hybridized carbons (Fsp3) is 0.121. The summed E-state index contributed by atoms with van der Waals surface area (Å²) in [5.74, 6) is 1.89. The monoisotopic (exact) mass is 607 g/mol. The number of methoxy groups -OCH3 is 2. The number of ether oxygens (including phenoxy) is 3. The highest BCUT2D eigenvalue weighted by atomic mass is 32.2. The van der Waals surface area contributed by atoms with Gasteiger partial charge in [-0.25, -0.2) is 23.4 Å². The number of hydrogen-bond donors (Lipinski definition) is 1. The van der Waals surface area contributed by atoms with Gasteiger partial charge in [0.05, 0.1) is 41.9 Å². The molecule has 0 amide bonds. The van der Waals surface area contributed by atoms with Crippen molar-refractivity contribution in [1.29, 1.82) is 0 Å². The standard InChI is InChI=1S/C33H29N5O5S/c1-41-27-15-13-24(44(3,39)40)20-26(27)36-33-34-17-16-25(35-33)32-31(37-30-11-7-8-18-38(30)32)23-12-14-28(29(19-23)42-2)43-21-22-9-5-4-6-10-22/h4-20H,21H2,1-3H3,(H,34,35,36). The molecule has 0 bridgehead atoms. The van der Waals surface area contributed by atoms with Crippen molar-refractivity contribution in [3.63, 3.8) is 0 Å². The molecule has 3 heterocycles. The third kappa shape index (κ3) is 5.90. The van der Waals surface area contributed by atoms with Crippen LogP contribution >= 0.6 is 0 Å². The predicted octanol–water partition coefficient (Wildman–Crippen LogP) is 6.20. The first-order valence-corrected chi connectivity index (χ1v) is 15.5. The molecular weight excluding hydrogens is 578 g/mol. The molecule has 0 fully saturated rings. The molecule has 0 saturated carbocycles. The predicted molar refractivity (Wildman–Crippen MR) is 168 cm³/mol. The quantitative estimate of drug-likeness (QED) is 0.194. The van der Waals surface area contributed by atoms with Crippen LogP contribution in [0.1, 0.15) is 5.56 Å². The zero-order valence-corrected chi connectivity index (χ0v) is 25.1. The third-order valence-electron chi connectivity index (χ3n) is 6.95. The van der Waals surface area contributed by atoms with Crippen molar-refractivity contribution < 1.29 is 22.6 Å². The van der Waals surface area contributed by atoms with Crippen LogP contribution in [0.4, 0.5) is 11.6 Å². The lowest BCUT2D eigenvalue weighted by molar-refractivity contribution is 0.284. The summed E-state index contributed by atoms with van der Waals surface area (Å²) in [7, 11) is -0.326. The van der Waals surface area contributed by atoms with E-state index < -0.39 is 9.84 Å². The van der Waals surface area contributed by atoms with Crippen molar-refractivity contribution in [2.45, 2.75) is 11.5 Å². The molecule has 0 radical (unpaired) electrons. The summed E-state index contributed by atoms with van der Waals surface area (Å²) in [6.07, 6.45) is 4.70. The average Bonchev–Trinajstić information content (AvgIpc) is 3.43. The smallest absolute Gasteiger partial charge is 0.227 e. The van der Waals surface area contributed by atoms with E-state index >= 15 is 0 Å². The zero-order chi connectivity index (χ0) is 30.7. The molecule has 0 aliphatic carbocycles. The summed E-state index contributed by atoms with van der Waals surface area (Å²) < 4.78 is 43.6. The summed E-state index contributed by atoms with van der Waals surface area (Å²) in [4.78, 5) is 14.3. The zero-order valence-electron chi connectivity index (χ0n) is 24.3. The maximum absolute atomic E-state index is 12.2. The molecule has 3 aromatic heterocycles. The van der Waals surface area contributed by atoms with E-state index in [2.05, 4.69) is 10.3 Å². The van der Waals surface area contributed by atoms with E-state index in [1.807, 2.05) is 77.3 Å². The Labute approximate surface area is 254 Å². The van der Waals surface area contributed by atoms with Gasteiger partial charge in [0.25, 0.3) is 0 Å². The molecule has 222 valence electrons. The summed E-state index contributed by atoms with van der Waals surface area (Å²) in [5.41, 5.74) is 5.03. The van der Waals surface area contributed by atoms with Crippen LogP contribution in [-0.4, -0.2) is 48.2 Å². The molecule has 0 aliphatic heterocycles. The number of sulfone groups is 1. The minimum absolute atomic E-state index is 0.145. The van der Waals surface area contributed by atoms with Gasteiger partial charge in [0.2, 0.25) is 5.95 Å². The highest BCUT2D eigenvalue weighted by Crippen LogP contribution is 2.38. The molecular formula is C33H29N5O5S. The molecule has 0 saturated heterocycles. The number of aromatic nitrogens is 4. The number of benzene rings is 3. The largest absolute Gasteiger partial charge is 0.495 e. The second kappa shape index (κ2) is 12.1. The first kappa shape index (κ1) is 28.7. The lowest BCUT2D eigenvalue weighted by Crippen LogP contribution is -2.03. The van der Waals surface area contributed by atoms with Gasteiger partial charge in [0.15, 0.2) is 21.3 Å². The summed E-state index contributed by atoms with van der Waals surface area (Å²) in [5, 5.41) is 3.12. The van der Waals surface area contributed by atoms with E-state index in [9.17, 15) is 8.42 Å². The minimum atomic E-state index is -3.44. The van der Waals surface area contributed by atoms with E-state index in [0.29, 0.717) is 40.9 Å². The molecule has 6 aromatic rings. The van der Waals surface area contributed by atoms with E-state index in [0.717, 1.165) is 28.7 Å². The molecule has 0 atom stereocenters. The fourth-order valence-electron chi connectivity index (χ4n) is 4.80. The molecule has 0 unspecified atom stereocenters. The Kier molecular flexibility index (Phi) is 7.86. The molecule has 3 aromatic carbocycles. The highest BCUT2D eigenvalue weighted by molar-refractivity contribution is 7.90. The average molecular weight is 608 g/mol. The first-order chi connectivity index (χ1) is 21.3. The van der Waals surface area contributed by atoms with Crippen molar-refractivity contribution in [3.8, 4) is 39.9 Å². The van der Waals surface area contributed by atoms with Gasteiger partial charge in [0.1, 0.15) is 18.0 Å². The van der Waals surface area contributed by atoms with Crippen LogP contribution in [0.5, 0.6) is 17.2 Å². The summed E-state index contributed by atoms with van der Waals surface area (Å²) >= 11 is 0. The van der Waals surface area contributed by atoms with Crippen LogP contribution < -0.4 is 19.5 Å². The van der Waals surface area contributed by atoms with Crippen LogP contribution in [-0.2, 0) is 16.4 Å². The lowest BCUT2D eigenvalue weighted by atomic mass is 10.1. The number of rotatable bonds is 10. The van der Waals surface area contributed by atoms with Gasteiger partial charge >= 0.3 is 0 Å². The van der Waals surface area contributed by atoms with Crippen LogP contribution in [0, 0.1) is 0 Å². The number of nitrogens with one attached hydrogen (secondary N) is 1. The number of pyridine rings is 1. The molecule has 1 N–H and O–H groups in total. The molecule has 10 nitrogen and oxygen atoms in total. The molecule has 0 aliphatic rings. The van der Waals surface area contributed by atoms with Gasteiger partial charge in [-0.2, -0.15) is 0 Å². The summed E-state index contributed by atoms with van der Waals surface area (Å²) in [6, 6.07) is 27.8. The summed E-state index contributed by atoms with van der Waals surface area (Å²) in [6.45, 7) is 0.407. The second-order valence-corrected chi connectivity index (χ2v) is 11.9. The Bertz CT molecular complexity index is 2060. The van der Waals surface area contributed by atoms with E-state index in [1.54, 1.807) is 25.4 Å². The second-order valence-electron chi connectivity index (χ2n) is 9.90. The van der Waals surface area contributed by atoms with E-state index in [-0.39, 0.29) is 10.8 Å². The van der Waals surface area contributed by atoms with Crippen molar-refractivity contribution >= 4 is 27.1 Å². The van der Waals surface area contributed by atoms with Gasteiger partial charge in [0, 0.05) is 24.2 Å². The Hall–Kier alpha value is -5.42. The van der Waals surface area contributed by atoms with Gasteiger partial charge in [-0.1, -0.05) is 36.4 Å². The van der Waals surface area contributed by atoms with Crippen molar-refractivity contribution in [3.05, 3.63) is 109 Å². The van der Waals surface area contributed by atoms with Gasteiger partial charge in [-0.3, -0.25) is 4.40 Å². The van der Waals surface area contributed by atoms with Gasteiger partial charge in [-0.05, 0) is 60.2 Å². The van der Waals surface area contributed by atoms with E-state index in [4.69, 9.17) is 24.2 Å². The first-order valence-electron chi connectivity index (χ1n) is 13.6. The maximum Gasteiger partial charge on any atom is 0.227 e. The number of nitrogens with zero attached hydrogens (tertiary/aromatic N) is 4. The molecule has 6 rings (SSSR count). The normalized spacial score (nSPS) is 11.3. The molecule has 44 heavy (non-hydrogen) atoms. The minimum Gasteiger partial charge on any atom is -0.495 e. The Morgan fingerprint density at radius 1 is 0.818 bits per heavy atom. The highest BCUT2D eigenvalue weighted by Gasteiger charge is 2.20. The van der Waals surface area contributed by atoms with E-state index in [1.165, 1.54) is 19.2 Å². The van der Waals surface area contributed by atoms with Crippen LogP contribution in [0.25, 0.3) is 28.3 Å². The Morgan fingerprint density at radius 2 is 1.59 bits per heavy atom. The number of hydrogen-bond acceptors (Lipinski definition) is 9. The molecule has 0 spiro atoms. The van der Waals surface area contributed by atoms with Crippen LogP contribution in [0.3, 0.4) is 0 Å². The third-order valence-corrected chi connectivity index (χ3v) is 8.06.